The summed E-state index contributed by atoms with van der Waals surface area (Å²) in [6.07, 6.45) is 0. The number of aromatic nitrogens is 2. The zero-order chi connectivity index (χ0) is 15.1. The van der Waals surface area contributed by atoms with Crippen LogP contribution in [0.5, 0.6) is 0 Å². The van der Waals surface area contributed by atoms with Crippen molar-refractivity contribution in [2.24, 2.45) is 0 Å². The smallest absolute Gasteiger partial charge is 0.323 e. The molecule has 0 aliphatic carbocycles. The Morgan fingerprint density at radius 3 is 2.52 bits per heavy atom. The molecule has 0 bridgehead atoms. The molecule has 0 spiro atoms. The highest BCUT2D eigenvalue weighted by molar-refractivity contribution is 6.10. The van der Waals surface area contributed by atoms with Crippen LogP contribution in [0, 0.1) is 12.7 Å². The van der Waals surface area contributed by atoms with E-state index in [9.17, 15) is 14.0 Å². The summed E-state index contributed by atoms with van der Waals surface area (Å²) in [6.45, 7) is 1.55. The predicted octanol–water partition coefficient (Wildman–Crippen LogP) is 2.12. The second-order valence-corrected chi connectivity index (χ2v) is 4.84. The molecule has 3 aromatic rings. The Labute approximate surface area is 118 Å². The van der Waals surface area contributed by atoms with E-state index in [0.717, 1.165) is 6.07 Å². The standard InChI is InChI=1S/C15H12FN3O2/c1-7-10(16)4-9(5-11(7)17)14(20)8-2-3-12-13(6-8)19-15(21)18-12/h2-6H,17H2,1H3,(H2,18,19,21). The molecule has 0 saturated heterocycles. The van der Waals surface area contributed by atoms with E-state index in [-0.39, 0.29) is 22.7 Å². The molecule has 6 heteroatoms. The number of fused-ring (bicyclic) bond motifs is 1. The van der Waals surface area contributed by atoms with Crippen molar-refractivity contribution in [3.05, 3.63) is 63.3 Å². The number of nitrogen functional groups attached to an aromatic ring is 1. The third-order valence-corrected chi connectivity index (χ3v) is 3.42. The SMILES string of the molecule is Cc1c(N)cc(C(=O)c2ccc3[nH]c(=O)[nH]c3c2)cc1F. The lowest BCUT2D eigenvalue weighted by atomic mass is 10.0. The van der Waals surface area contributed by atoms with E-state index in [1.54, 1.807) is 25.1 Å². The molecule has 3 rings (SSSR count). The molecule has 1 aromatic heterocycles. The van der Waals surface area contributed by atoms with Crippen LogP contribution in [0.3, 0.4) is 0 Å². The molecule has 0 aliphatic rings. The maximum absolute atomic E-state index is 13.7. The van der Waals surface area contributed by atoms with Crippen LogP contribution in [0.4, 0.5) is 10.1 Å². The van der Waals surface area contributed by atoms with Gasteiger partial charge < -0.3 is 15.7 Å². The van der Waals surface area contributed by atoms with Crippen LogP contribution in [0.1, 0.15) is 21.5 Å². The first kappa shape index (κ1) is 13.1. The van der Waals surface area contributed by atoms with Gasteiger partial charge in [-0.15, -0.1) is 0 Å². The molecular formula is C15H12FN3O2. The zero-order valence-electron chi connectivity index (χ0n) is 11.2. The molecule has 21 heavy (non-hydrogen) atoms. The van der Waals surface area contributed by atoms with Crippen molar-refractivity contribution in [3.8, 4) is 0 Å². The molecule has 0 aliphatic heterocycles. The minimum atomic E-state index is -0.519. The summed E-state index contributed by atoms with van der Waals surface area (Å²) in [5.41, 5.74) is 7.53. The number of halogens is 1. The Hall–Kier alpha value is -2.89. The predicted molar refractivity (Wildman–Crippen MR) is 77.9 cm³/mol. The lowest BCUT2D eigenvalue weighted by molar-refractivity contribution is 0.103. The van der Waals surface area contributed by atoms with Crippen LogP contribution in [0.2, 0.25) is 0 Å². The van der Waals surface area contributed by atoms with E-state index in [0.29, 0.717) is 22.2 Å². The van der Waals surface area contributed by atoms with Crippen molar-refractivity contribution >= 4 is 22.5 Å². The number of hydrogen-bond acceptors (Lipinski definition) is 3. The van der Waals surface area contributed by atoms with Crippen molar-refractivity contribution in [2.45, 2.75) is 6.92 Å². The molecule has 1 heterocycles. The second kappa shape index (κ2) is 4.59. The molecule has 0 atom stereocenters. The van der Waals surface area contributed by atoms with Crippen LogP contribution < -0.4 is 11.4 Å². The maximum Gasteiger partial charge on any atom is 0.323 e. The highest BCUT2D eigenvalue weighted by Crippen LogP contribution is 2.21. The quantitative estimate of drug-likeness (QED) is 0.497. The average Bonchev–Trinajstić information content (AvgIpc) is 2.82. The fraction of sp³-hybridized carbons (Fsp3) is 0.0667. The first-order valence-electron chi connectivity index (χ1n) is 6.28. The van der Waals surface area contributed by atoms with Crippen LogP contribution in [0.15, 0.2) is 35.1 Å². The van der Waals surface area contributed by atoms with Crippen LogP contribution >= 0.6 is 0 Å². The van der Waals surface area contributed by atoms with Gasteiger partial charge in [0.15, 0.2) is 5.78 Å². The van der Waals surface area contributed by atoms with E-state index in [2.05, 4.69) is 9.97 Å². The summed E-state index contributed by atoms with van der Waals surface area (Å²) in [7, 11) is 0. The van der Waals surface area contributed by atoms with Gasteiger partial charge in [-0.3, -0.25) is 4.79 Å². The van der Waals surface area contributed by atoms with E-state index < -0.39 is 5.82 Å². The lowest BCUT2D eigenvalue weighted by Crippen LogP contribution is -2.05. The third kappa shape index (κ3) is 2.20. The third-order valence-electron chi connectivity index (χ3n) is 3.42. The molecule has 106 valence electrons. The Bertz CT molecular complexity index is 901. The minimum Gasteiger partial charge on any atom is -0.398 e. The Morgan fingerprint density at radius 2 is 1.81 bits per heavy atom. The summed E-state index contributed by atoms with van der Waals surface area (Å²) in [6, 6.07) is 7.35. The first-order valence-corrected chi connectivity index (χ1v) is 6.28. The summed E-state index contributed by atoms with van der Waals surface area (Å²) in [4.78, 5) is 28.8. The van der Waals surface area contributed by atoms with Gasteiger partial charge in [0.25, 0.3) is 0 Å². The van der Waals surface area contributed by atoms with Crippen molar-refractivity contribution in [3.63, 3.8) is 0 Å². The number of aromatic amines is 2. The highest BCUT2D eigenvalue weighted by Gasteiger charge is 2.14. The second-order valence-electron chi connectivity index (χ2n) is 4.84. The Morgan fingerprint density at radius 1 is 1.10 bits per heavy atom. The van der Waals surface area contributed by atoms with Crippen molar-refractivity contribution in [1.29, 1.82) is 0 Å². The van der Waals surface area contributed by atoms with Gasteiger partial charge >= 0.3 is 5.69 Å². The van der Waals surface area contributed by atoms with Crippen molar-refractivity contribution in [2.75, 3.05) is 5.73 Å². The summed E-state index contributed by atoms with van der Waals surface area (Å²) in [5, 5.41) is 0. The number of rotatable bonds is 2. The van der Waals surface area contributed by atoms with Gasteiger partial charge in [0.05, 0.1) is 11.0 Å². The fourth-order valence-electron chi connectivity index (χ4n) is 2.17. The highest BCUT2D eigenvalue weighted by atomic mass is 19.1. The van der Waals surface area contributed by atoms with E-state index >= 15 is 0 Å². The number of carbonyl (C=O) groups is 1. The van der Waals surface area contributed by atoms with Crippen molar-refractivity contribution in [1.82, 2.24) is 9.97 Å². The molecule has 5 nitrogen and oxygen atoms in total. The molecule has 4 N–H and O–H groups in total. The molecule has 0 radical (unpaired) electrons. The summed E-state index contributed by atoms with van der Waals surface area (Å²) in [5.74, 6) is -0.876. The number of nitrogens with two attached hydrogens (primary N) is 1. The van der Waals surface area contributed by atoms with Crippen molar-refractivity contribution < 1.29 is 9.18 Å². The minimum absolute atomic E-state index is 0.174. The number of imidazole rings is 1. The van der Waals surface area contributed by atoms with E-state index in [4.69, 9.17) is 5.73 Å². The number of ketones is 1. The molecule has 0 unspecified atom stereocenters. The van der Waals surface area contributed by atoms with Gasteiger partial charge in [0.1, 0.15) is 5.82 Å². The number of anilines is 1. The number of nitrogens with one attached hydrogen (secondary N) is 2. The monoisotopic (exact) mass is 285 g/mol. The molecule has 0 saturated carbocycles. The summed E-state index contributed by atoms with van der Waals surface area (Å²) >= 11 is 0. The first-order chi connectivity index (χ1) is 9.95. The topological polar surface area (TPSA) is 91.7 Å². The summed E-state index contributed by atoms with van der Waals surface area (Å²) < 4.78 is 13.7. The molecule has 2 aromatic carbocycles. The Balaban J connectivity index is 2.09. The van der Waals surface area contributed by atoms with Crippen LogP contribution in [-0.2, 0) is 0 Å². The molecule has 0 amide bonds. The lowest BCUT2D eigenvalue weighted by Gasteiger charge is -2.06. The zero-order valence-corrected chi connectivity index (χ0v) is 11.2. The Kier molecular flexibility index (Phi) is 2.86. The normalized spacial score (nSPS) is 11.0. The van der Waals surface area contributed by atoms with Gasteiger partial charge in [-0.2, -0.15) is 0 Å². The number of H-pyrrole nitrogens is 2. The van der Waals surface area contributed by atoms with Crippen LogP contribution in [0.25, 0.3) is 11.0 Å². The van der Waals surface area contributed by atoms with Gasteiger partial charge in [0, 0.05) is 22.4 Å². The van der Waals surface area contributed by atoms with E-state index in [1.807, 2.05) is 0 Å². The van der Waals surface area contributed by atoms with Gasteiger partial charge in [-0.25, -0.2) is 9.18 Å². The number of carbonyl (C=O) groups excluding carboxylic acids is 1. The number of benzene rings is 2. The van der Waals surface area contributed by atoms with Gasteiger partial charge in [-0.05, 0) is 37.3 Å². The molecule has 0 fully saturated rings. The average molecular weight is 285 g/mol. The van der Waals surface area contributed by atoms with Gasteiger partial charge in [-0.1, -0.05) is 0 Å². The van der Waals surface area contributed by atoms with Gasteiger partial charge in [0.2, 0.25) is 0 Å². The largest absolute Gasteiger partial charge is 0.398 e. The maximum atomic E-state index is 13.7. The fourth-order valence-corrected chi connectivity index (χ4v) is 2.17. The molecular weight excluding hydrogens is 273 g/mol. The number of hydrogen-bond donors (Lipinski definition) is 3. The van der Waals surface area contributed by atoms with E-state index in [1.165, 1.54) is 6.07 Å². The van der Waals surface area contributed by atoms with Crippen LogP contribution in [-0.4, -0.2) is 15.8 Å².